The van der Waals surface area contributed by atoms with Gasteiger partial charge in [-0.05, 0) is 42.2 Å². The molecule has 0 saturated carbocycles. The highest BCUT2D eigenvalue weighted by molar-refractivity contribution is 7.99. The first-order valence-corrected chi connectivity index (χ1v) is 10.3. The van der Waals surface area contributed by atoms with Gasteiger partial charge in [0.2, 0.25) is 0 Å². The summed E-state index contributed by atoms with van der Waals surface area (Å²) in [4.78, 5) is 14.0. The van der Waals surface area contributed by atoms with Crippen LogP contribution in [0.5, 0.6) is 0 Å². The Labute approximate surface area is 157 Å². The van der Waals surface area contributed by atoms with Crippen molar-refractivity contribution in [2.75, 3.05) is 12.9 Å². The number of aromatic nitrogens is 3. The quantitative estimate of drug-likeness (QED) is 0.594. The lowest BCUT2D eigenvalue weighted by atomic mass is 9.72. The summed E-state index contributed by atoms with van der Waals surface area (Å²) in [5.41, 5.74) is 1.82. The molecule has 1 atom stereocenters. The Bertz CT molecular complexity index is 774. The Kier molecular flexibility index (Phi) is 5.25. The first-order chi connectivity index (χ1) is 11.8. The molecule has 25 heavy (non-hydrogen) atoms. The molecule has 1 aliphatic carbocycles. The summed E-state index contributed by atoms with van der Waals surface area (Å²) in [6.45, 7) is 7.01. The smallest absolute Gasteiger partial charge is 0.316 e. The Morgan fingerprint density at radius 3 is 2.88 bits per heavy atom. The fraction of sp³-hybridized carbons (Fsp3) is 0.611. The van der Waals surface area contributed by atoms with Crippen molar-refractivity contribution in [1.82, 2.24) is 14.8 Å². The molecular weight excluding hydrogens is 354 g/mol. The summed E-state index contributed by atoms with van der Waals surface area (Å²) in [6, 6.07) is 2.29. The number of fused-ring (bicyclic) bond motifs is 1. The highest BCUT2D eigenvalue weighted by Gasteiger charge is 2.30. The molecule has 0 bridgehead atoms. The number of nitrogens with zero attached hydrogens (tertiary/aromatic N) is 3. The number of methoxy groups -OCH3 is 1. The Morgan fingerprint density at radius 1 is 1.44 bits per heavy atom. The second-order valence-corrected chi connectivity index (χ2v) is 9.67. The number of thiophene rings is 1. The van der Waals surface area contributed by atoms with Crippen LogP contribution in [-0.4, -0.2) is 33.6 Å². The number of hydrogen-bond donors (Lipinski definition) is 0. The maximum Gasteiger partial charge on any atom is 0.316 e. The van der Waals surface area contributed by atoms with Crippen molar-refractivity contribution in [2.24, 2.45) is 18.4 Å². The molecule has 0 radical (unpaired) electrons. The second-order valence-electron chi connectivity index (χ2n) is 7.59. The van der Waals surface area contributed by atoms with Gasteiger partial charge in [-0.25, -0.2) is 0 Å². The van der Waals surface area contributed by atoms with Crippen molar-refractivity contribution in [2.45, 2.75) is 45.2 Å². The van der Waals surface area contributed by atoms with Crippen molar-refractivity contribution in [3.8, 4) is 10.7 Å². The van der Waals surface area contributed by atoms with E-state index >= 15 is 0 Å². The van der Waals surface area contributed by atoms with Gasteiger partial charge in [0.25, 0.3) is 0 Å². The average molecular weight is 380 g/mol. The van der Waals surface area contributed by atoms with Gasteiger partial charge >= 0.3 is 5.97 Å². The fourth-order valence-corrected chi connectivity index (χ4v) is 5.18. The van der Waals surface area contributed by atoms with Crippen LogP contribution in [0.25, 0.3) is 10.7 Å². The molecule has 0 fully saturated rings. The summed E-state index contributed by atoms with van der Waals surface area (Å²) < 4.78 is 6.65. The zero-order valence-electron chi connectivity index (χ0n) is 15.5. The summed E-state index contributed by atoms with van der Waals surface area (Å²) in [5.74, 6) is 1.60. The Morgan fingerprint density at radius 2 is 2.20 bits per heavy atom. The zero-order chi connectivity index (χ0) is 18.2. The van der Waals surface area contributed by atoms with Gasteiger partial charge in [0, 0.05) is 11.9 Å². The third-order valence-electron chi connectivity index (χ3n) is 4.91. The molecule has 0 amide bonds. The molecule has 0 unspecified atom stereocenters. The number of ether oxygens (including phenoxy) is 1. The molecule has 0 saturated heterocycles. The van der Waals surface area contributed by atoms with E-state index in [9.17, 15) is 4.79 Å². The first-order valence-electron chi connectivity index (χ1n) is 8.50. The van der Waals surface area contributed by atoms with Gasteiger partial charge in [-0.2, -0.15) is 0 Å². The minimum atomic E-state index is -0.255. The molecule has 136 valence electrons. The van der Waals surface area contributed by atoms with E-state index in [0.717, 1.165) is 29.7 Å². The highest BCUT2D eigenvalue weighted by atomic mass is 32.2. The predicted octanol–water partition coefficient (Wildman–Crippen LogP) is 3.96. The summed E-state index contributed by atoms with van der Waals surface area (Å²) in [7, 11) is 3.34. The number of carbonyl (C=O) groups excluding carboxylic acids is 1. The molecule has 0 aromatic carbocycles. The lowest BCUT2D eigenvalue weighted by molar-refractivity contribution is -0.137. The molecule has 2 aromatic rings. The van der Waals surface area contributed by atoms with Crippen LogP contribution < -0.4 is 0 Å². The molecule has 0 aliphatic heterocycles. The van der Waals surface area contributed by atoms with E-state index < -0.39 is 0 Å². The van der Waals surface area contributed by atoms with E-state index in [2.05, 4.69) is 41.8 Å². The number of rotatable bonds is 4. The standard InChI is InChI=1S/C18H25N3O2S2/c1-18(2,3)12-6-7-13-11(8-12)9-14(25-13)16-19-20-17(21(16)4)24-10-15(22)23-5/h9,12H,6-8,10H2,1-5H3/t12-/m1/s1. The lowest BCUT2D eigenvalue weighted by Crippen LogP contribution is -2.26. The predicted molar refractivity (Wildman–Crippen MR) is 102 cm³/mol. The summed E-state index contributed by atoms with van der Waals surface area (Å²) in [6.07, 6.45) is 3.57. The van der Waals surface area contributed by atoms with Gasteiger partial charge in [0.05, 0.1) is 17.7 Å². The van der Waals surface area contributed by atoms with Crippen LogP contribution in [-0.2, 0) is 29.4 Å². The third kappa shape index (κ3) is 3.92. The molecule has 5 nitrogen and oxygen atoms in total. The van der Waals surface area contributed by atoms with E-state index in [4.69, 9.17) is 0 Å². The largest absolute Gasteiger partial charge is 0.468 e. The zero-order valence-corrected chi connectivity index (χ0v) is 17.1. The van der Waals surface area contributed by atoms with Gasteiger partial charge in [0.15, 0.2) is 11.0 Å². The van der Waals surface area contributed by atoms with E-state index in [-0.39, 0.29) is 11.7 Å². The molecule has 0 spiro atoms. The third-order valence-corrected chi connectivity index (χ3v) is 7.14. The van der Waals surface area contributed by atoms with Crippen molar-refractivity contribution in [3.05, 3.63) is 16.5 Å². The number of aryl methyl sites for hydroxylation is 1. The first kappa shape index (κ1) is 18.5. The minimum Gasteiger partial charge on any atom is -0.468 e. The number of thioether (sulfide) groups is 1. The second kappa shape index (κ2) is 7.11. The maximum atomic E-state index is 11.3. The molecule has 3 rings (SSSR count). The van der Waals surface area contributed by atoms with E-state index in [1.807, 2.05) is 23.0 Å². The molecule has 7 heteroatoms. The number of carbonyl (C=O) groups is 1. The molecule has 0 N–H and O–H groups in total. The molecular formula is C18H25N3O2S2. The van der Waals surface area contributed by atoms with Crippen molar-refractivity contribution >= 4 is 29.1 Å². The number of esters is 1. The SMILES string of the molecule is COC(=O)CSc1nnc(-c2cc3c(s2)CC[C@@H](C(C)(C)C)C3)n1C. The number of hydrogen-bond acceptors (Lipinski definition) is 6. The van der Waals surface area contributed by atoms with Crippen LogP contribution in [0.3, 0.4) is 0 Å². The van der Waals surface area contributed by atoms with Crippen LogP contribution in [0, 0.1) is 11.3 Å². The Balaban J connectivity index is 1.79. The van der Waals surface area contributed by atoms with Crippen molar-refractivity contribution in [3.63, 3.8) is 0 Å². The van der Waals surface area contributed by atoms with Gasteiger partial charge in [0.1, 0.15) is 0 Å². The van der Waals surface area contributed by atoms with Crippen LogP contribution in [0.15, 0.2) is 11.2 Å². The monoisotopic (exact) mass is 379 g/mol. The fourth-order valence-electron chi connectivity index (χ4n) is 3.21. The summed E-state index contributed by atoms with van der Waals surface area (Å²) in [5, 5.41) is 9.32. The summed E-state index contributed by atoms with van der Waals surface area (Å²) >= 11 is 3.19. The molecule has 1 aliphatic rings. The maximum absolute atomic E-state index is 11.3. The topological polar surface area (TPSA) is 57.0 Å². The normalized spacial score (nSPS) is 17.4. The van der Waals surface area contributed by atoms with Gasteiger partial charge in [-0.1, -0.05) is 32.5 Å². The van der Waals surface area contributed by atoms with Gasteiger partial charge < -0.3 is 9.30 Å². The van der Waals surface area contributed by atoms with E-state index in [0.29, 0.717) is 5.41 Å². The van der Waals surface area contributed by atoms with Crippen molar-refractivity contribution < 1.29 is 9.53 Å². The molecule has 2 heterocycles. The van der Waals surface area contributed by atoms with Crippen LogP contribution in [0.4, 0.5) is 0 Å². The Hall–Kier alpha value is -1.34. The van der Waals surface area contributed by atoms with Gasteiger partial charge in [-0.3, -0.25) is 4.79 Å². The van der Waals surface area contributed by atoms with Crippen LogP contribution in [0.1, 0.15) is 37.6 Å². The molecule has 2 aromatic heterocycles. The minimum absolute atomic E-state index is 0.247. The van der Waals surface area contributed by atoms with Crippen LogP contribution >= 0.6 is 23.1 Å². The van der Waals surface area contributed by atoms with Crippen molar-refractivity contribution in [1.29, 1.82) is 0 Å². The lowest BCUT2D eigenvalue weighted by Gasteiger charge is -2.33. The van der Waals surface area contributed by atoms with Crippen LogP contribution in [0.2, 0.25) is 0 Å². The van der Waals surface area contributed by atoms with E-state index in [1.54, 1.807) is 0 Å². The average Bonchev–Trinajstić information content (AvgIpc) is 3.14. The highest BCUT2D eigenvalue weighted by Crippen LogP contribution is 2.42. The van der Waals surface area contributed by atoms with E-state index in [1.165, 1.54) is 40.6 Å². The van der Waals surface area contributed by atoms with Gasteiger partial charge in [-0.15, -0.1) is 21.5 Å².